The van der Waals surface area contributed by atoms with Gasteiger partial charge in [0.2, 0.25) is 11.8 Å². The van der Waals surface area contributed by atoms with Crippen molar-refractivity contribution in [3.05, 3.63) is 52.2 Å². The van der Waals surface area contributed by atoms with Crippen molar-refractivity contribution in [2.24, 2.45) is 0 Å². The Morgan fingerprint density at radius 2 is 1.97 bits per heavy atom. The highest BCUT2D eigenvalue weighted by Gasteiger charge is 2.33. The molecule has 3 amide bonds. The number of phenolic OH excluding ortho intramolecular Hbond substituents is 1. The van der Waals surface area contributed by atoms with Gasteiger partial charge in [-0.3, -0.25) is 14.4 Å². The largest absolute Gasteiger partial charge is 0.508 e. The number of benzene rings is 1. The molecule has 1 fully saturated rings. The third-order valence-corrected chi connectivity index (χ3v) is 5.70. The van der Waals surface area contributed by atoms with E-state index in [1.807, 2.05) is 17.5 Å². The predicted molar refractivity (Wildman–Crippen MR) is 111 cm³/mol. The molecule has 0 saturated carbocycles. The molecular weight excluding hydrogens is 390 g/mol. The molecule has 1 aliphatic heterocycles. The van der Waals surface area contributed by atoms with Crippen molar-refractivity contribution in [1.29, 1.82) is 0 Å². The van der Waals surface area contributed by atoms with Crippen LogP contribution in [0.5, 0.6) is 5.75 Å². The van der Waals surface area contributed by atoms with Gasteiger partial charge >= 0.3 is 0 Å². The van der Waals surface area contributed by atoms with Crippen LogP contribution in [-0.2, 0) is 16.0 Å². The molecule has 0 radical (unpaired) electrons. The summed E-state index contributed by atoms with van der Waals surface area (Å²) in [5, 5.41) is 17.0. The van der Waals surface area contributed by atoms with Gasteiger partial charge in [-0.2, -0.15) is 0 Å². The fourth-order valence-corrected chi connectivity index (χ4v) is 4.07. The number of amides is 3. The van der Waals surface area contributed by atoms with E-state index in [-0.39, 0.29) is 23.5 Å². The van der Waals surface area contributed by atoms with Gasteiger partial charge in [-0.15, -0.1) is 11.3 Å². The summed E-state index contributed by atoms with van der Waals surface area (Å²) in [6.45, 7) is 1.44. The van der Waals surface area contributed by atoms with Crippen LogP contribution in [0.2, 0.25) is 0 Å². The quantitative estimate of drug-likeness (QED) is 0.574. The number of carbonyl (C=O) groups is 3. The lowest BCUT2D eigenvalue weighted by atomic mass is 10.2. The average Bonchev–Trinajstić information content (AvgIpc) is 3.39. The van der Waals surface area contributed by atoms with Gasteiger partial charge in [0.05, 0.1) is 6.42 Å². The lowest BCUT2D eigenvalue weighted by Crippen LogP contribution is -2.46. The van der Waals surface area contributed by atoms with Crippen molar-refractivity contribution in [2.45, 2.75) is 31.7 Å². The SMILES string of the molecule is O=C(NCCCNC(=O)C1CCCN1C(=O)Cc1cccs1)c1cccc(O)c1. The molecule has 1 aliphatic rings. The van der Waals surface area contributed by atoms with Crippen LogP contribution in [-0.4, -0.2) is 53.4 Å². The number of nitrogens with zero attached hydrogens (tertiary/aromatic N) is 1. The molecule has 3 N–H and O–H groups in total. The third kappa shape index (κ3) is 5.80. The van der Waals surface area contributed by atoms with E-state index in [9.17, 15) is 19.5 Å². The Balaban J connectivity index is 1.38. The molecule has 2 aromatic rings. The topological polar surface area (TPSA) is 98.7 Å². The fourth-order valence-electron chi connectivity index (χ4n) is 3.37. The maximum absolute atomic E-state index is 12.5. The molecule has 3 rings (SSSR count). The summed E-state index contributed by atoms with van der Waals surface area (Å²) in [7, 11) is 0. The molecule has 0 spiro atoms. The first-order chi connectivity index (χ1) is 14.0. The minimum atomic E-state index is -0.413. The van der Waals surface area contributed by atoms with E-state index in [2.05, 4.69) is 10.6 Å². The monoisotopic (exact) mass is 415 g/mol. The summed E-state index contributed by atoms with van der Waals surface area (Å²) in [6.07, 6.45) is 2.42. The lowest BCUT2D eigenvalue weighted by Gasteiger charge is -2.24. The molecule has 1 aromatic carbocycles. The van der Waals surface area contributed by atoms with Crippen LogP contribution in [0, 0.1) is 0 Å². The molecule has 1 saturated heterocycles. The van der Waals surface area contributed by atoms with Gasteiger partial charge in [0.25, 0.3) is 5.91 Å². The highest BCUT2D eigenvalue weighted by atomic mass is 32.1. The zero-order valence-electron chi connectivity index (χ0n) is 16.1. The van der Waals surface area contributed by atoms with Gasteiger partial charge in [0.1, 0.15) is 11.8 Å². The van der Waals surface area contributed by atoms with Gasteiger partial charge in [-0.05, 0) is 48.9 Å². The van der Waals surface area contributed by atoms with Crippen LogP contribution in [0.1, 0.15) is 34.5 Å². The number of nitrogens with one attached hydrogen (secondary N) is 2. The van der Waals surface area contributed by atoms with E-state index in [0.717, 1.165) is 11.3 Å². The standard InChI is InChI=1S/C21H25N3O4S/c25-16-6-1-5-15(13-16)20(27)22-9-4-10-23-21(28)18-8-2-11-24(18)19(26)14-17-7-3-12-29-17/h1,3,5-7,12-13,18,25H,2,4,8-11,14H2,(H,22,27)(H,23,28). The Kier molecular flexibility index (Phi) is 7.24. The first-order valence-electron chi connectivity index (χ1n) is 9.71. The first-order valence-corrected chi connectivity index (χ1v) is 10.6. The molecule has 8 heteroatoms. The summed E-state index contributed by atoms with van der Waals surface area (Å²) in [6, 6.07) is 9.57. The molecule has 0 bridgehead atoms. The Morgan fingerprint density at radius 3 is 2.72 bits per heavy atom. The number of likely N-dealkylation sites (tertiary alicyclic amines) is 1. The minimum Gasteiger partial charge on any atom is -0.508 e. The van der Waals surface area contributed by atoms with Gasteiger partial charge in [-0.25, -0.2) is 0 Å². The minimum absolute atomic E-state index is 0.0107. The van der Waals surface area contributed by atoms with E-state index < -0.39 is 6.04 Å². The number of hydrogen-bond acceptors (Lipinski definition) is 5. The molecule has 29 heavy (non-hydrogen) atoms. The number of rotatable bonds is 8. The Morgan fingerprint density at radius 1 is 1.14 bits per heavy atom. The normalized spacial score (nSPS) is 15.9. The summed E-state index contributed by atoms with van der Waals surface area (Å²) in [5.74, 6) is -0.377. The summed E-state index contributed by atoms with van der Waals surface area (Å²) >= 11 is 1.54. The third-order valence-electron chi connectivity index (χ3n) is 4.83. The Labute approximate surface area is 173 Å². The zero-order chi connectivity index (χ0) is 20.6. The lowest BCUT2D eigenvalue weighted by molar-refractivity contribution is -0.137. The number of hydrogen-bond donors (Lipinski definition) is 3. The Bertz CT molecular complexity index is 853. The summed E-state index contributed by atoms with van der Waals surface area (Å²) in [5.41, 5.74) is 0.389. The highest BCUT2D eigenvalue weighted by molar-refractivity contribution is 7.10. The van der Waals surface area contributed by atoms with Crippen molar-refractivity contribution in [3.63, 3.8) is 0 Å². The maximum atomic E-state index is 12.5. The van der Waals surface area contributed by atoms with Crippen LogP contribution in [0.25, 0.3) is 0 Å². The van der Waals surface area contributed by atoms with E-state index >= 15 is 0 Å². The molecule has 7 nitrogen and oxygen atoms in total. The molecule has 1 unspecified atom stereocenters. The van der Waals surface area contributed by atoms with Gasteiger partial charge in [0.15, 0.2) is 0 Å². The molecule has 1 atom stereocenters. The van der Waals surface area contributed by atoms with E-state index in [1.165, 1.54) is 12.1 Å². The summed E-state index contributed by atoms with van der Waals surface area (Å²) in [4.78, 5) is 39.7. The molecule has 1 aromatic heterocycles. The zero-order valence-corrected chi connectivity index (χ0v) is 16.9. The first kappa shape index (κ1) is 20.9. The van der Waals surface area contributed by atoms with Crippen molar-refractivity contribution in [3.8, 4) is 5.75 Å². The number of phenols is 1. The van der Waals surface area contributed by atoms with Crippen molar-refractivity contribution < 1.29 is 19.5 Å². The number of thiophene rings is 1. The number of carbonyl (C=O) groups excluding carboxylic acids is 3. The van der Waals surface area contributed by atoms with Crippen LogP contribution < -0.4 is 10.6 Å². The van der Waals surface area contributed by atoms with Gasteiger partial charge in [0, 0.05) is 30.1 Å². The summed E-state index contributed by atoms with van der Waals surface area (Å²) < 4.78 is 0. The predicted octanol–water partition coefficient (Wildman–Crippen LogP) is 1.92. The second-order valence-corrected chi connectivity index (χ2v) is 7.98. The molecule has 154 valence electrons. The fraction of sp³-hybridized carbons (Fsp3) is 0.381. The van der Waals surface area contributed by atoms with Gasteiger partial charge < -0.3 is 20.6 Å². The number of aromatic hydroxyl groups is 1. The van der Waals surface area contributed by atoms with Crippen LogP contribution in [0.15, 0.2) is 41.8 Å². The average molecular weight is 416 g/mol. The Hall–Kier alpha value is -2.87. The van der Waals surface area contributed by atoms with E-state index in [4.69, 9.17) is 0 Å². The van der Waals surface area contributed by atoms with Crippen molar-refractivity contribution in [1.82, 2.24) is 15.5 Å². The maximum Gasteiger partial charge on any atom is 0.251 e. The van der Waals surface area contributed by atoms with Crippen LogP contribution >= 0.6 is 11.3 Å². The van der Waals surface area contributed by atoms with E-state index in [1.54, 1.807) is 28.4 Å². The molecular formula is C21H25N3O4S. The second kappa shape index (κ2) is 10.1. The second-order valence-electron chi connectivity index (χ2n) is 6.95. The van der Waals surface area contributed by atoms with Crippen LogP contribution in [0.4, 0.5) is 0 Å². The van der Waals surface area contributed by atoms with Gasteiger partial charge in [-0.1, -0.05) is 12.1 Å². The van der Waals surface area contributed by atoms with Crippen LogP contribution in [0.3, 0.4) is 0 Å². The highest BCUT2D eigenvalue weighted by Crippen LogP contribution is 2.20. The van der Waals surface area contributed by atoms with Crippen molar-refractivity contribution in [2.75, 3.05) is 19.6 Å². The molecule has 0 aliphatic carbocycles. The van der Waals surface area contributed by atoms with E-state index in [0.29, 0.717) is 44.5 Å². The molecule has 2 heterocycles. The van der Waals surface area contributed by atoms with Crippen molar-refractivity contribution >= 4 is 29.1 Å². The smallest absolute Gasteiger partial charge is 0.251 e.